The number of aryl methyl sites for hydroxylation is 1. The van der Waals surface area contributed by atoms with Gasteiger partial charge in [0.15, 0.2) is 0 Å². The number of anilines is 1. The number of hydrogen-bond acceptors (Lipinski definition) is 4. The summed E-state index contributed by atoms with van der Waals surface area (Å²) < 4.78 is 4.92. The molecule has 2 heterocycles. The maximum atomic E-state index is 5.55. The summed E-state index contributed by atoms with van der Waals surface area (Å²) in [5.74, 6) is 0.318. The van der Waals surface area contributed by atoms with E-state index < -0.39 is 0 Å². The van der Waals surface area contributed by atoms with Crippen LogP contribution in [0.3, 0.4) is 0 Å². The highest BCUT2D eigenvalue weighted by Gasteiger charge is 2.09. The van der Waals surface area contributed by atoms with Gasteiger partial charge < -0.3 is 10.3 Å². The molecule has 0 saturated carbocycles. The Bertz CT molecular complexity index is 688. The van der Waals surface area contributed by atoms with E-state index in [0.717, 1.165) is 27.9 Å². The van der Waals surface area contributed by atoms with E-state index >= 15 is 0 Å². The van der Waals surface area contributed by atoms with Crippen molar-refractivity contribution in [3.05, 3.63) is 42.1 Å². The summed E-state index contributed by atoms with van der Waals surface area (Å²) in [6, 6.07) is 11.7. The smallest absolute Gasteiger partial charge is 0.222 e. The van der Waals surface area contributed by atoms with Gasteiger partial charge in [-0.3, -0.25) is 4.98 Å². The van der Waals surface area contributed by atoms with Crippen LogP contribution >= 0.6 is 0 Å². The molecule has 0 aliphatic carbocycles. The maximum Gasteiger partial charge on any atom is 0.222 e. The van der Waals surface area contributed by atoms with Crippen molar-refractivity contribution in [2.45, 2.75) is 6.92 Å². The third-order valence-corrected chi connectivity index (χ3v) is 2.65. The van der Waals surface area contributed by atoms with Crippen LogP contribution in [0.2, 0.25) is 0 Å². The fraction of sp³-hybridized carbons (Fsp3) is 0.0769. The Balaban J connectivity index is 2.35. The number of nitrogens with zero attached hydrogens (tertiary/aromatic N) is 2. The average molecular weight is 225 g/mol. The van der Waals surface area contributed by atoms with Crippen LogP contribution in [-0.2, 0) is 0 Å². The van der Waals surface area contributed by atoms with Crippen molar-refractivity contribution in [1.82, 2.24) is 10.1 Å². The molecule has 0 amide bonds. The van der Waals surface area contributed by atoms with Crippen molar-refractivity contribution in [2.75, 3.05) is 5.73 Å². The molecule has 0 saturated heterocycles. The number of benzene rings is 1. The largest absolute Gasteiger partial charge is 0.368 e. The van der Waals surface area contributed by atoms with Gasteiger partial charge in [-0.2, -0.15) is 0 Å². The van der Waals surface area contributed by atoms with E-state index in [1.165, 1.54) is 0 Å². The van der Waals surface area contributed by atoms with Gasteiger partial charge in [-0.1, -0.05) is 23.4 Å². The fourth-order valence-electron chi connectivity index (χ4n) is 1.94. The predicted molar refractivity (Wildman–Crippen MR) is 66.4 cm³/mol. The number of fused-ring (bicyclic) bond motifs is 1. The molecule has 2 aromatic heterocycles. The molecule has 0 unspecified atom stereocenters. The monoisotopic (exact) mass is 225 g/mol. The van der Waals surface area contributed by atoms with Crippen LogP contribution in [0.15, 0.2) is 40.9 Å². The SMILES string of the molecule is Cc1cc(-c2cc(N)on2)c2ccccc2n1. The summed E-state index contributed by atoms with van der Waals surface area (Å²) in [6.45, 7) is 1.96. The molecule has 1 aromatic carbocycles. The molecule has 4 nitrogen and oxygen atoms in total. The van der Waals surface area contributed by atoms with Crippen LogP contribution in [0.25, 0.3) is 22.2 Å². The third kappa shape index (κ3) is 1.63. The number of pyridine rings is 1. The first-order valence-electron chi connectivity index (χ1n) is 5.33. The Morgan fingerprint density at radius 1 is 1.18 bits per heavy atom. The van der Waals surface area contributed by atoms with Crippen molar-refractivity contribution < 1.29 is 4.52 Å². The highest BCUT2D eigenvalue weighted by atomic mass is 16.5. The van der Waals surface area contributed by atoms with Crippen LogP contribution in [-0.4, -0.2) is 10.1 Å². The highest BCUT2D eigenvalue weighted by Crippen LogP contribution is 2.28. The molecule has 3 aromatic rings. The molecule has 0 aliphatic rings. The number of hydrogen-bond donors (Lipinski definition) is 1. The number of nitrogen functional groups attached to an aromatic ring is 1. The lowest BCUT2D eigenvalue weighted by Gasteiger charge is -2.04. The summed E-state index contributed by atoms with van der Waals surface area (Å²) in [6.07, 6.45) is 0. The first-order valence-corrected chi connectivity index (χ1v) is 5.33. The second-order valence-corrected chi connectivity index (χ2v) is 3.94. The van der Waals surface area contributed by atoms with Crippen LogP contribution in [0, 0.1) is 6.92 Å². The van der Waals surface area contributed by atoms with Gasteiger partial charge in [0.05, 0.1) is 5.52 Å². The molecule has 84 valence electrons. The van der Waals surface area contributed by atoms with Gasteiger partial charge in [0.2, 0.25) is 5.88 Å². The standard InChI is InChI=1S/C13H11N3O/c1-8-6-10(12-7-13(14)17-16-12)9-4-2-3-5-11(9)15-8/h2-7H,14H2,1H3. The first kappa shape index (κ1) is 9.84. The molecular weight excluding hydrogens is 214 g/mol. The lowest BCUT2D eigenvalue weighted by molar-refractivity contribution is 0.439. The molecule has 2 N–H and O–H groups in total. The van der Waals surface area contributed by atoms with Gasteiger partial charge in [-0.05, 0) is 19.1 Å². The molecule has 17 heavy (non-hydrogen) atoms. The molecule has 0 spiro atoms. The first-order chi connectivity index (χ1) is 8.24. The third-order valence-electron chi connectivity index (χ3n) is 2.65. The molecule has 0 atom stereocenters. The van der Waals surface area contributed by atoms with E-state index in [1.807, 2.05) is 37.3 Å². The normalized spacial score (nSPS) is 10.9. The lowest BCUT2D eigenvalue weighted by Crippen LogP contribution is -1.88. The van der Waals surface area contributed by atoms with Gasteiger partial charge in [0, 0.05) is 22.7 Å². The molecule has 3 rings (SSSR count). The summed E-state index contributed by atoms with van der Waals surface area (Å²) in [5.41, 5.74) is 9.18. The molecule has 0 bridgehead atoms. The zero-order valence-electron chi connectivity index (χ0n) is 9.34. The zero-order chi connectivity index (χ0) is 11.8. The fourth-order valence-corrected chi connectivity index (χ4v) is 1.94. The minimum Gasteiger partial charge on any atom is -0.368 e. The van der Waals surface area contributed by atoms with E-state index in [4.69, 9.17) is 10.3 Å². The van der Waals surface area contributed by atoms with Crippen LogP contribution in [0.4, 0.5) is 5.88 Å². The number of para-hydroxylation sites is 1. The zero-order valence-corrected chi connectivity index (χ0v) is 9.34. The van der Waals surface area contributed by atoms with Crippen molar-refractivity contribution in [3.8, 4) is 11.3 Å². The topological polar surface area (TPSA) is 64.9 Å². The highest BCUT2D eigenvalue weighted by molar-refractivity contribution is 5.93. The Labute approximate surface area is 98.1 Å². The molecular formula is C13H11N3O. The Morgan fingerprint density at radius 3 is 2.76 bits per heavy atom. The lowest BCUT2D eigenvalue weighted by atomic mass is 10.1. The predicted octanol–water partition coefficient (Wildman–Crippen LogP) is 2.78. The summed E-state index contributed by atoms with van der Waals surface area (Å²) in [5, 5.41) is 5.00. The Kier molecular flexibility index (Phi) is 2.08. The quantitative estimate of drug-likeness (QED) is 0.691. The average Bonchev–Trinajstić information content (AvgIpc) is 2.74. The van der Waals surface area contributed by atoms with Crippen LogP contribution < -0.4 is 5.73 Å². The van der Waals surface area contributed by atoms with Crippen molar-refractivity contribution in [3.63, 3.8) is 0 Å². The summed E-state index contributed by atoms with van der Waals surface area (Å²) >= 11 is 0. The molecule has 0 aliphatic heterocycles. The van der Waals surface area contributed by atoms with Crippen molar-refractivity contribution in [1.29, 1.82) is 0 Å². The number of aromatic nitrogens is 2. The van der Waals surface area contributed by atoms with Gasteiger partial charge in [0.1, 0.15) is 5.69 Å². The summed E-state index contributed by atoms with van der Waals surface area (Å²) in [7, 11) is 0. The van der Waals surface area contributed by atoms with Gasteiger partial charge >= 0.3 is 0 Å². The Morgan fingerprint density at radius 2 is 2.00 bits per heavy atom. The van der Waals surface area contributed by atoms with Gasteiger partial charge in [0.25, 0.3) is 0 Å². The van der Waals surface area contributed by atoms with E-state index in [1.54, 1.807) is 6.07 Å². The second kappa shape index (κ2) is 3.59. The maximum absolute atomic E-state index is 5.55. The molecule has 0 fully saturated rings. The van der Waals surface area contributed by atoms with Crippen LogP contribution in [0.5, 0.6) is 0 Å². The minimum atomic E-state index is 0.318. The van der Waals surface area contributed by atoms with Crippen LogP contribution in [0.1, 0.15) is 5.69 Å². The number of nitrogens with two attached hydrogens (primary N) is 1. The minimum absolute atomic E-state index is 0.318. The number of rotatable bonds is 1. The van der Waals surface area contributed by atoms with E-state index in [9.17, 15) is 0 Å². The van der Waals surface area contributed by atoms with Crippen molar-refractivity contribution >= 4 is 16.8 Å². The Hall–Kier alpha value is -2.36. The van der Waals surface area contributed by atoms with E-state index in [-0.39, 0.29) is 0 Å². The van der Waals surface area contributed by atoms with E-state index in [2.05, 4.69) is 10.1 Å². The van der Waals surface area contributed by atoms with Gasteiger partial charge in [-0.15, -0.1) is 0 Å². The van der Waals surface area contributed by atoms with E-state index in [0.29, 0.717) is 5.88 Å². The second-order valence-electron chi connectivity index (χ2n) is 3.94. The molecule has 0 radical (unpaired) electrons. The van der Waals surface area contributed by atoms with Gasteiger partial charge in [-0.25, -0.2) is 0 Å². The summed E-state index contributed by atoms with van der Waals surface area (Å²) in [4.78, 5) is 4.48. The molecule has 4 heteroatoms. The van der Waals surface area contributed by atoms with Crippen molar-refractivity contribution in [2.24, 2.45) is 0 Å².